The molecule has 6 heteroatoms. The van der Waals surface area contributed by atoms with Crippen LogP contribution in [0.15, 0.2) is 23.5 Å². The number of rotatable bonds is 7. The van der Waals surface area contributed by atoms with Gasteiger partial charge in [-0.05, 0) is 45.6 Å². The monoisotopic (exact) mass is 334 g/mol. The van der Waals surface area contributed by atoms with E-state index in [1.165, 1.54) is 25.9 Å². The lowest BCUT2D eigenvalue weighted by molar-refractivity contribution is 0.167. The van der Waals surface area contributed by atoms with Crippen LogP contribution in [-0.4, -0.2) is 58.9 Å². The molecule has 0 aliphatic carbocycles. The van der Waals surface area contributed by atoms with Gasteiger partial charge in [-0.15, -0.1) is 0 Å². The van der Waals surface area contributed by atoms with Crippen molar-refractivity contribution in [2.24, 2.45) is 10.9 Å². The van der Waals surface area contributed by atoms with E-state index in [1.54, 1.807) is 0 Å². The van der Waals surface area contributed by atoms with E-state index in [4.69, 9.17) is 4.99 Å². The predicted molar refractivity (Wildman–Crippen MR) is 100 cm³/mol. The van der Waals surface area contributed by atoms with Crippen LogP contribution in [0.1, 0.15) is 40.5 Å². The van der Waals surface area contributed by atoms with Gasteiger partial charge in [-0.2, -0.15) is 5.10 Å². The fourth-order valence-electron chi connectivity index (χ4n) is 3.11. The molecular formula is C18H34N6. The van der Waals surface area contributed by atoms with Crippen LogP contribution >= 0.6 is 0 Å². The molecule has 0 bridgehead atoms. The highest BCUT2D eigenvalue weighted by Gasteiger charge is 2.21. The van der Waals surface area contributed by atoms with Crippen LogP contribution in [0.25, 0.3) is 0 Å². The van der Waals surface area contributed by atoms with Gasteiger partial charge in [0, 0.05) is 57.2 Å². The molecule has 1 fully saturated rings. The first kappa shape index (κ1) is 18.8. The number of likely N-dealkylation sites (tertiary alicyclic amines) is 1. The second-order valence-electron chi connectivity index (χ2n) is 7.10. The number of nitrogens with zero attached hydrogens (tertiary/aromatic N) is 4. The highest BCUT2D eigenvalue weighted by Crippen LogP contribution is 2.12. The van der Waals surface area contributed by atoms with Crippen molar-refractivity contribution in [3.05, 3.63) is 18.5 Å². The zero-order valence-corrected chi connectivity index (χ0v) is 15.7. The molecule has 0 saturated carbocycles. The van der Waals surface area contributed by atoms with Crippen LogP contribution in [0.3, 0.4) is 0 Å². The highest BCUT2D eigenvalue weighted by atomic mass is 15.3. The standard InChI is InChI=1S/C18H34N6/c1-5-19-18(20-13-16(4)14-24-10-6-9-21-24)22-17-7-11-23(12-8-17)15(2)3/h6,9-10,15-17H,5,7-8,11-14H2,1-4H3,(H2,19,20,22). The summed E-state index contributed by atoms with van der Waals surface area (Å²) in [6.07, 6.45) is 6.20. The van der Waals surface area contributed by atoms with E-state index in [0.717, 1.165) is 25.6 Å². The van der Waals surface area contributed by atoms with Gasteiger partial charge in [0.05, 0.1) is 0 Å². The molecule has 1 saturated heterocycles. The van der Waals surface area contributed by atoms with Crippen molar-refractivity contribution in [1.29, 1.82) is 0 Å². The Morgan fingerprint density at radius 2 is 2.04 bits per heavy atom. The summed E-state index contributed by atoms with van der Waals surface area (Å²) in [6, 6.07) is 3.14. The van der Waals surface area contributed by atoms with Crippen molar-refractivity contribution in [1.82, 2.24) is 25.3 Å². The molecule has 1 aromatic rings. The van der Waals surface area contributed by atoms with E-state index in [1.807, 2.05) is 23.1 Å². The lowest BCUT2D eigenvalue weighted by atomic mass is 10.0. The van der Waals surface area contributed by atoms with E-state index < -0.39 is 0 Å². The summed E-state index contributed by atoms with van der Waals surface area (Å²) in [7, 11) is 0. The molecule has 0 amide bonds. The number of hydrogen-bond acceptors (Lipinski definition) is 3. The smallest absolute Gasteiger partial charge is 0.191 e. The molecule has 2 N–H and O–H groups in total. The summed E-state index contributed by atoms with van der Waals surface area (Å²) in [6.45, 7) is 13.8. The Morgan fingerprint density at radius 1 is 1.29 bits per heavy atom. The topological polar surface area (TPSA) is 57.5 Å². The van der Waals surface area contributed by atoms with Crippen LogP contribution in [0.2, 0.25) is 0 Å². The lowest BCUT2D eigenvalue weighted by Crippen LogP contribution is -2.50. The molecule has 1 aromatic heterocycles. The zero-order valence-electron chi connectivity index (χ0n) is 15.7. The third kappa shape index (κ3) is 6.15. The summed E-state index contributed by atoms with van der Waals surface area (Å²) < 4.78 is 1.97. The molecule has 6 nitrogen and oxygen atoms in total. The SMILES string of the molecule is CCNC(=NCC(C)Cn1cccn1)NC1CCN(C(C)C)CC1. The third-order valence-electron chi connectivity index (χ3n) is 4.56. The van der Waals surface area contributed by atoms with Gasteiger partial charge in [-0.1, -0.05) is 6.92 Å². The minimum atomic E-state index is 0.461. The number of aliphatic imine (C=N–C) groups is 1. The Bertz CT molecular complexity index is 474. The normalized spacial score (nSPS) is 18.8. The van der Waals surface area contributed by atoms with E-state index in [9.17, 15) is 0 Å². The summed E-state index contributed by atoms with van der Waals surface area (Å²) in [5.74, 6) is 1.41. The largest absolute Gasteiger partial charge is 0.357 e. The second-order valence-corrected chi connectivity index (χ2v) is 7.10. The molecule has 136 valence electrons. The molecule has 1 aliphatic heterocycles. The fraction of sp³-hybridized carbons (Fsp3) is 0.778. The lowest BCUT2D eigenvalue weighted by Gasteiger charge is -2.35. The first-order valence-electron chi connectivity index (χ1n) is 9.34. The Hall–Kier alpha value is -1.56. The van der Waals surface area contributed by atoms with Gasteiger partial charge >= 0.3 is 0 Å². The minimum absolute atomic E-state index is 0.461. The van der Waals surface area contributed by atoms with Gasteiger partial charge in [0.25, 0.3) is 0 Å². The van der Waals surface area contributed by atoms with Crippen molar-refractivity contribution < 1.29 is 0 Å². The van der Waals surface area contributed by atoms with Crippen molar-refractivity contribution in [3.63, 3.8) is 0 Å². The Morgan fingerprint density at radius 3 is 2.62 bits per heavy atom. The molecule has 24 heavy (non-hydrogen) atoms. The van der Waals surface area contributed by atoms with E-state index in [-0.39, 0.29) is 0 Å². The molecule has 0 spiro atoms. The van der Waals surface area contributed by atoms with Crippen molar-refractivity contribution in [2.75, 3.05) is 26.2 Å². The summed E-state index contributed by atoms with van der Waals surface area (Å²) in [5, 5.41) is 11.3. The summed E-state index contributed by atoms with van der Waals surface area (Å²) in [5.41, 5.74) is 0. The minimum Gasteiger partial charge on any atom is -0.357 e. The number of nitrogens with one attached hydrogen (secondary N) is 2. The van der Waals surface area contributed by atoms with Crippen LogP contribution in [-0.2, 0) is 6.54 Å². The quantitative estimate of drug-likeness (QED) is 0.591. The third-order valence-corrected chi connectivity index (χ3v) is 4.56. The molecule has 1 atom stereocenters. The molecule has 1 aliphatic rings. The van der Waals surface area contributed by atoms with Crippen molar-refractivity contribution in [3.8, 4) is 0 Å². The van der Waals surface area contributed by atoms with Gasteiger partial charge < -0.3 is 15.5 Å². The highest BCUT2D eigenvalue weighted by molar-refractivity contribution is 5.80. The Kier molecular flexibility index (Phi) is 7.56. The molecular weight excluding hydrogens is 300 g/mol. The summed E-state index contributed by atoms with van der Waals surface area (Å²) >= 11 is 0. The first-order chi connectivity index (χ1) is 11.6. The number of guanidine groups is 1. The molecule has 1 unspecified atom stereocenters. The second kappa shape index (κ2) is 9.67. The van der Waals surface area contributed by atoms with Gasteiger partial charge in [-0.25, -0.2) is 0 Å². The maximum atomic E-state index is 4.78. The molecule has 2 rings (SSSR count). The maximum Gasteiger partial charge on any atom is 0.191 e. The van der Waals surface area contributed by atoms with Crippen molar-refractivity contribution >= 4 is 5.96 Å². The number of aromatic nitrogens is 2. The van der Waals surface area contributed by atoms with Crippen LogP contribution in [0.5, 0.6) is 0 Å². The van der Waals surface area contributed by atoms with E-state index >= 15 is 0 Å². The van der Waals surface area contributed by atoms with Crippen LogP contribution < -0.4 is 10.6 Å². The maximum absolute atomic E-state index is 4.78. The van der Waals surface area contributed by atoms with Crippen LogP contribution in [0, 0.1) is 5.92 Å². The first-order valence-corrected chi connectivity index (χ1v) is 9.34. The number of hydrogen-bond donors (Lipinski definition) is 2. The Balaban J connectivity index is 1.80. The molecule has 0 aromatic carbocycles. The van der Waals surface area contributed by atoms with E-state index in [2.05, 4.69) is 48.3 Å². The summed E-state index contributed by atoms with van der Waals surface area (Å²) in [4.78, 5) is 7.33. The van der Waals surface area contributed by atoms with Crippen LogP contribution in [0.4, 0.5) is 0 Å². The number of piperidine rings is 1. The predicted octanol–water partition coefficient (Wildman–Crippen LogP) is 1.95. The average molecular weight is 335 g/mol. The van der Waals surface area contributed by atoms with Gasteiger partial charge in [0.15, 0.2) is 5.96 Å². The molecule has 0 radical (unpaired) electrons. The Labute approximate surface area is 146 Å². The van der Waals surface area contributed by atoms with Gasteiger partial charge in [0.1, 0.15) is 0 Å². The van der Waals surface area contributed by atoms with Gasteiger partial charge in [0.2, 0.25) is 0 Å². The fourth-order valence-corrected chi connectivity index (χ4v) is 3.11. The van der Waals surface area contributed by atoms with Gasteiger partial charge in [-0.3, -0.25) is 9.67 Å². The van der Waals surface area contributed by atoms with Crippen molar-refractivity contribution in [2.45, 2.75) is 59.2 Å². The van der Waals surface area contributed by atoms with E-state index in [0.29, 0.717) is 18.0 Å². The zero-order chi connectivity index (χ0) is 17.4. The average Bonchev–Trinajstić information content (AvgIpc) is 3.06. The molecule has 2 heterocycles.